The van der Waals surface area contributed by atoms with E-state index in [2.05, 4.69) is 5.32 Å². The van der Waals surface area contributed by atoms with Crippen LogP contribution in [0.1, 0.15) is 13.8 Å². The molecule has 0 spiro atoms. The second-order valence-electron chi connectivity index (χ2n) is 4.02. The minimum atomic E-state index is -4.07. The van der Waals surface area contributed by atoms with E-state index in [9.17, 15) is 23.3 Å². The summed E-state index contributed by atoms with van der Waals surface area (Å²) in [5.41, 5.74) is -0.608. The molecule has 19 heavy (non-hydrogen) atoms. The molecule has 0 radical (unpaired) electrons. The first-order valence-corrected chi connectivity index (χ1v) is 7.48. The topological polar surface area (TPSA) is 106 Å². The number of anilines is 1. The fourth-order valence-corrected chi connectivity index (χ4v) is 1.97. The molecule has 1 amide bonds. The lowest BCUT2D eigenvalue weighted by Crippen LogP contribution is -2.18. The standard InChI is InChI=1S/C10H11ClN2O5S/c1-6(2)10(14)12-8-4-3-7(19(11,17)18)5-9(8)13(15)16/h3-6H,1-2H3,(H,12,14). The average molecular weight is 307 g/mol. The van der Waals surface area contributed by atoms with Gasteiger partial charge in [0.15, 0.2) is 0 Å². The van der Waals surface area contributed by atoms with Gasteiger partial charge in [-0.15, -0.1) is 0 Å². The van der Waals surface area contributed by atoms with Gasteiger partial charge in [-0.3, -0.25) is 14.9 Å². The zero-order valence-electron chi connectivity index (χ0n) is 10.1. The van der Waals surface area contributed by atoms with Crippen LogP contribution in [0.2, 0.25) is 0 Å². The van der Waals surface area contributed by atoms with Gasteiger partial charge in [-0.05, 0) is 12.1 Å². The lowest BCUT2D eigenvalue weighted by Gasteiger charge is -2.08. The Bertz CT molecular complexity index is 627. The Morgan fingerprint density at radius 2 is 2.00 bits per heavy atom. The molecule has 1 aromatic rings. The molecule has 1 N–H and O–H groups in total. The molecule has 0 aliphatic rings. The molecule has 0 unspecified atom stereocenters. The van der Waals surface area contributed by atoms with Gasteiger partial charge in [-0.2, -0.15) is 0 Å². The predicted molar refractivity (Wildman–Crippen MR) is 69.6 cm³/mol. The molecule has 7 nitrogen and oxygen atoms in total. The molecule has 0 atom stereocenters. The second kappa shape index (κ2) is 5.54. The SMILES string of the molecule is CC(C)C(=O)Nc1ccc(S(=O)(=O)Cl)cc1[N+](=O)[O-]. The maximum atomic E-state index is 11.5. The highest BCUT2D eigenvalue weighted by molar-refractivity contribution is 8.13. The third-order valence-corrected chi connectivity index (χ3v) is 3.58. The number of benzene rings is 1. The van der Waals surface area contributed by atoms with Crippen LogP contribution >= 0.6 is 10.7 Å². The van der Waals surface area contributed by atoms with Crippen LogP contribution in [0.25, 0.3) is 0 Å². The summed E-state index contributed by atoms with van der Waals surface area (Å²) in [5.74, 6) is -0.777. The molecule has 9 heteroatoms. The van der Waals surface area contributed by atoms with Crippen molar-refractivity contribution in [3.8, 4) is 0 Å². The van der Waals surface area contributed by atoms with Gasteiger partial charge in [0.1, 0.15) is 5.69 Å². The van der Waals surface area contributed by atoms with E-state index >= 15 is 0 Å². The zero-order chi connectivity index (χ0) is 14.8. The molecular weight excluding hydrogens is 296 g/mol. The van der Waals surface area contributed by atoms with Crippen molar-refractivity contribution in [3.05, 3.63) is 28.3 Å². The third-order valence-electron chi connectivity index (χ3n) is 2.23. The van der Waals surface area contributed by atoms with Gasteiger partial charge < -0.3 is 5.32 Å². The first-order chi connectivity index (χ1) is 8.62. The fraction of sp³-hybridized carbons (Fsp3) is 0.300. The number of rotatable bonds is 4. The van der Waals surface area contributed by atoms with Crippen molar-refractivity contribution in [2.45, 2.75) is 18.7 Å². The lowest BCUT2D eigenvalue weighted by molar-refractivity contribution is -0.384. The van der Waals surface area contributed by atoms with Crippen LogP contribution < -0.4 is 5.32 Å². The number of nitrogens with one attached hydrogen (secondary N) is 1. The van der Waals surface area contributed by atoms with E-state index in [1.54, 1.807) is 13.8 Å². The van der Waals surface area contributed by atoms with Crippen LogP contribution in [-0.4, -0.2) is 19.2 Å². The van der Waals surface area contributed by atoms with Gasteiger partial charge in [0, 0.05) is 22.7 Å². The van der Waals surface area contributed by atoms with Gasteiger partial charge in [0.2, 0.25) is 5.91 Å². The van der Waals surface area contributed by atoms with E-state index in [1.807, 2.05) is 0 Å². The van der Waals surface area contributed by atoms with Crippen molar-refractivity contribution in [1.29, 1.82) is 0 Å². The second-order valence-corrected chi connectivity index (χ2v) is 6.58. The Kier molecular flexibility index (Phi) is 4.48. The van der Waals surface area contributed by atoms with E-state index in [1.165, 1.54) is 0 Å². The molecule has 1 aromatic carbocycles. The van der Waals surface area contributed by atoms with Gasteiger partial charge >= 0.3 is 0 Å². The summed E-state index contributed by atoms with van der Waals surface area (Å²) in [5, 5.41) is 13.2. The van der Waals surface area contributed by atoms with Gasteiger partial charge in [-0.25, -0.2) is 8.42 Å². The molecule has 0 aliphatic carbocycles. The number of nitro benzene ring substituents is 1. The molecule has 0 aromatic heterocycles. The van der Waals surface area contributed by atoms with Crippen molar-refractivity contribution in [1.82, 2.24) is 0 Å². The van der Waals surface area contributed by atoms with Crippen molar-refractivity contribution < 1.29 is 18.1 Å². The summed E-state index contributed by atoms with van der Waals surface area (Å²) in [6.45, 7) is 3.25. The van der Waals surface area contributed by atoms with Crippen molar-refractivity contribution in [3.63, 3.8) is 0 Å². The number of hydrogen-bond donors (Lipinski definition) is 1. The molecule has 0 bridgehead atoms. The number of nitrogens with zero attached hydrogens (tertiary/aromatic N) is 1. The number of carbonyl (C=O) groups is 1. The Labute approximate surface area is 114 Å². The van der Waals surface area contributed by atoms with Crippen LogP contribution in [0.5, 0.6) is 0 Å². The number of hydrogen-bond acceptors (Lipinski definition) is 5. The Morgan fingerprint density at radius 1 is 1.42 bits per heavy atom. The molecule has 0 fully saturated rings. The monoisotopic (exact) mass is 306 g/mol. The van der Waals surface area contributed by atoms with Gasteiger partial charge in [-0.1, -0.05) is 13.8 Å². The highest BCUT2D eigenvalue weighted by atomic mass is 35.7. The van der Waals surface area contributed by atoms with Crippen LogP contribution in [0.4, 0.5) is 11.4 Å². The maximum absolute atomic E-state index is 11.5. The number of nitro groups is 1. The Morgan fingerprint density at radius 3 is 2.42 bits per heavy atom. The summed E-state index contributed by atoms with van der Waals surface area (Å²) >= 11 is 0. The quantitative estimate of drug-likeness (QED) is 0.521. The van der Waals surface area contributed by atoms with E-state index in [4.69, 9.17) is 10.7 Å². The third kappa shape index (κ3) is 3.90. The lowest BCUT2D eigenvalue weighted by atomic mass is 10.2. The predicted octanol–water partition coefficient (Wildman–Crippen LogP) is 2.12. The fourth-order valence-electron chi connectivity index (χ4n) is 1.20. The molecule has 104 valence electrons. The molecule has 1 rings (SSSR count). The van der Waals surface area contributed by atoms with E-state index in [0.29, 0.717) is 0 Å². The summed E-state index contributed by atoms with van der Waals surface area (Å²) in [6, 6.07) is 3.03. The van der Waals surface area contributed by atoms with Crippen molar-refractivity contribution in [2.24, 2.45) is 5.92 Å². The number of carbonyl (C=O) groups excluding carboxylic acids is 1. The first-order valence-electron chi connectivity index (χ1n) is 5.17. The molecule has 0 heterocycles. The minimum absolute atomic E-state index is 0.0761. The zero-order valence-corrected chi connectivity index (χ0v) is 11.7. The average Bonchev–Trinajstić information content (AvgIpc) is 2.27. The summed E-state index contributed by atoms with van der Waals surface area (Å²) in [6.07, 6.45) is 0. The maximum Gasteiger partial charge on any atom is 0.294 e. The smallest absolute Gasteiger partial charge is 0.294 e. The molecule has 0 saturated carbocycles. The van der Waals surface area contributed by atoms with Crippen LogP contribution in [-0.2, 0) is 13.8 Å². The summed E-state index contributed by atoms with van der Waals surface area (Å²) in [7, 11) is 1.04. The van der Waals surface area contributed by atoms with Gasteiger partial charge in [0.05, 0.1) is 9.82 Å². The summed E-state index contributed by atoms with van der Waals surface area (Å²) in [4.78, 5) is 21.2. The Hall–Kier alpha value is -1.67. The molecule has 0 saturated heterocycles. The molecule has 0 aliphatic heterocycles. The van der Waals surface area contributed by atoms with E-state index in [-0.39, 0.29) is 11.6 Å². The highest BCUT2D eigenvalue weighted by Gasteiger charge is 2.21. The van der Waals surface area contributed by atoms with Crippen LogP contribution in [0.15, 0.2) is 23.1 Å². The Balaban J connectivity index is 3.27. The van der Waals surface area contributed by atoms with Gasteiger partial charge in [0.25, 0.3) is 14.7 Å². The van der Waals surface area contributed by atoms with Crippen molar-refractivity contribution in [2.75, 3.05) is 5.32 Å². The van der Waals surface area contributed by atoms with Crippen molar-refractivity contribution >= 4 is 37.0 Å². The highest BCUT2D eigenvalue weighted by Crippen LogP contribution is 2.29. The van der Waals surface area contributed by atoms with Crippen LogP contribution in [0.3, 0.4) is 0 Å². The van der Waals surface area contributed by atoms with E-state index in [0.717, 1.165) is 18.2 Å². The minimum Gasteiger partial charge on any atom is -0.320 e. The van der Waals surface area contributed by atoms with E-state index < -0.39 is 30.5 Å². The summed E-state index contributed by atoms with van der Waals surface area (Å²) < 4.78 is 22.2. The largest absolute Gasteiger partial charge is 0.320 e. The number of amides is 1. The normalized spacial score (nSPS) is 11.4. The first kappa shape index (κ1) is 15.4. The van der Waals surface area contributed by atoms with Crippen LogP contribution in [0, 0.1) is 16.0 Å². The molecular formula is C10H11ClN2O5S. The number of halogens is 1.